The highest BCUT2D eigenvalue weighted by atomic mass is 16.5. The maximum atomic E-state index is 5.63. The maximum absolute atomic E-state index is 5.63. The summed E-state index contributed by atoms with van der Waals surface area (Å²) in [7, 11) is 1.66. The minimum Gasteiger partial charge on any atom is -0.495 e. The molecule has 16 heavy (non-hydrogen) atoms. The number of nitrogens with one attached hydrogen (secondary N) is 1. The molecule has 4 nitrogen and oxygen atoms in total. The van der Waals surface area contributed by atoms with Gasteiger partial charge >= 0.3 is 0 Å². The van der Waals surface area contributed by atoms with Crippen molar-refractivity contribution in [3.63, 3.8) is 0 Å². The van der Waals surface area contributed by atoms with Crippen molar-refractivity contribution in [2.24, 2.45) is 11.8 Å². The molecule has 0 aromatic carbocycles. The molecule has 1 aromatic rings. The molecule has 1 aromatic heterocycles. The van der Waals surface area contributed by atoms with Gasteiger partial charge in [-0.05, 0) is 18.4 Å². The number of nitrogens with two attached hydrogens (primary N) is 1. The number of rotatable bonds is 5. The first kappa shape index (κ1) is 11.4. The Morgan fingerprint density at radius 2 is 2.44 bits per heavy atom. The zero-order valence-electron chi connectivity index (χ0n) is 9.65. The normalized spacial score (nSPS) is 17.9. The minimum absolute atomic E-state index is 0.170. The number of nitrogens with zero attached hydrogens (tertiary/aromatic N) is 1. The van der Waals surface area contributed by atoms with Gasteiger partial charge in [0.1, 0.15) is 5.75 Å². The van der Waals surface area contributed by atoms with Gasteiger partial charge < -0.3 is 4.74 Å². The fraction of sp³-hybridized carbons (Fsp3) is 0.583. The monoisotopic (exact) mass is 221 g/mol. The van der Waals surface area contributed by atoms with Gasteiger partial charge in [-0.15, -0.1) is 0 Å². The molecule has 1 aliphatic carbocycles. The van der Waals surface area contributed by atoms with Crippen molar-refractivity contribution in [2.45, 2.75) is 31.7 Å². The molecule has 0 radical (unpaired) electrons. The summed E-state index contributed by atoms with van der Waals surface area (Å²) in [4.78, 5) is 4.05. The molecule has 4 heteroatoms. The molecule has 1 fully saturated rings. The van der Waals surface area contributed by atoms with E-state index in [0.717, 1.165) is 23.7 Å². The van der Waals surface area contributed by atoms with Crippen molar-refractivity contribution < 1.29 is 4.74 Å². The number of hydrogen-bond acceptors (Lipinski definition) is 4. The zero-order chi connectivity index (χ0) is 11.4. The van der Waals surface area contributed by atoms with Gasteiger partial charge in [-0.1, -0.05) is 19.3 Å². The van der Waals surface area contributed by atoms with E-state index >= 15 is 0 Å². The van der Waals surface area contributed by atoms with E-state index < -0.39 is 0 Å². The van der Waals surface area contributed by atoms with E-state index in [2.05, 4.69) is 10.4 Å². The van der Waals surface area contributed by atoms with Crippen LogP contribution in [0.5, 0.6) is 5.75 Å². The first-order valence-electron chi connectivity index (χ1n) is 5.79. The highest BCUT2D eigenvalue weighted by Gasteiger charge is 2.24. The van der Waals surface area contributed by atoms with Gasteiger partial charge in [-0.3, -0.25) is 16.3 Å². The molecule has 88 valence electrons. The van der Waals surface area contributed by atoms with Gasteiger partial charge in [0.05, 0.1) is 13.3 Å². The van der Waals surface area contributed by atoms with Crippen molar-refractivity contribution in [2.75, 3.05) is 7.11 Å². The summed E-state index contributed by atoms with van der Waals surface area (Å²) in [6, 6.07) is 2.14. The Morgan fingerprint density at radius 1 is 1.62 bits per heavy atom. The van der Waals surface area contributed by atoms with Crippen LogP contribution in [-0.2, 0) is 0 Å². The Hall–Kier alpha value is -1.13. The first-order chi connectivity index (χ1) is 7.85. The third-order valence-corrected chi connectivity index (χ3v) is 3.41. The average Bonchev–Trinajstić information content (AvgIpc) is 2.28. The summed E-state index contributed by atoms with van der Waals surface area (Å²) in [5, 5.41) is 0. The highest BCUT2D eigenvalue weighted by molar-refractivity contribution is 5.32. The molecular weight excluding hydrogens is 202 g/mol. The Balaban J connectivity index is 2.11. The number of hydrogen-bond donors (Lipinski definition) is 2. The third kappa shape index (κ3) is 2.33. The minimum atomic E-state index is 0.170. The van der Waals surface area contributed by atoms with E-state index in [1.165, 1.54) is 19.3 Å². The molecule has 3 N–H and O–H groups in total. The molecule has 0 amide bonds. The van der Waals surface area contributed by atoms with Crippen LogP contribution in [0.1, 0.15) is 37.3 Å². The van der Waals surface area contributed by atoms with E-state index in [4.69, 9.17) is 10.6 Å². The molecule has 1 heterocycles. The number of hydrazine groups is 1. The van der Waals surface area contributed by atoms with E-state index in [1.54, 1.807) is 19.5 Å². The zero-order valence-corrected chi connectivity index (χ0v) is 9.65. The van der Waals surface area contributed by atoms with Crippen molar-refractivity contribution in [3.05, 3.63) is 24.0 Å². The second kappa shape index (κ2) is 5.27. The number of methoxy groups -OCH3 is 1. The average molecular weight is 221 g/mol. The van der Waals surface area contributed by atoms with Crippen LogP contribution in [0.15, 0.2) is 18.5 Å². The molecular formula is C12H19N3O. The van der Waals surface area contributed by atoms with Crippen LogP contribution in [0.3, 0.4) is 0 Å². The molecule has 1 saturated carbocycles. The molecule has 0 aliphatic heterocycles. The van der Waals surface area contributed by atoms with Crippen molar-refractivity contribution in [1.29, 1.82) is 0 Å². The van der Waals surface area contributed by atoms with Crippen LogP contribution in [0.4, 0.5) is 0 Å². The molecule has 0 saturated heterocycles. The molecule has 1 aliphatic rings. The second-order valence-corrected chi connectivity index (χ2v) is 4.37. The topological polar surface area (TPSA) is 60.2 Å². The second-order valence-electron chi connectivity index (χ2n) is 4.37. The van der Waals surface area contributed by atoms with E-state index in [-0.39, 0.29) is 6.04 Å². The first-order valence-corrected chi connectivity index (χ1v) is 5.79. The summed E-state index contributed by atoms with van der Waals surface area (Å²) < 4.78 is 5.30. The van der Waals surface area contributed by atoms with Crippen molar-refractivity contribution in [1.82, 2.24) is 10.4 Å². The summed E-state index contributed by atoms with van der Waals surface area (Å²) >= 11 is 0. The van der Waals surface area contributed by atoms with Gasteiger partial charge in [-0.2, -0.15) is 0 Å². The number of aromatic nitrogens is 1. The van der Waals surface area contributed by atoms with Crippen LogP contribution in [0, 0.1) is 5.92 Å². The van der Waals surface area contributed by atoms with E-state index in [9.17, 15) is 0 Å². The van der Waals surface area contributed by atoms with E-state index in [0.29, 0.717) is 0 Å². The van der Waals surface area contributed by atoms with Crippen molar-refractivity contribution in [3.8, 4) is 5.75 Å². The molecule has 1 unspecified atom stereocenters. The largest absolute Gasteiger partial charge is 0.495 e. The number of ether oxygens (including phenoxy) is 1. The fourth-order valence-corrected chi connectivity index (χ4v) is 2.20. The summed E-state index contributed by atoms with van der Waals surface area (Å²) in [6.45, 7) is 0. The lowest BCUT2D eigenvalue weighted by Crippen LogP contribution is -2.31. The van der Waals surface area contributed by atoms with Gasteiger partial charge in [0, 0.05) is 17.8 Å². The van der Waals surface area contributed by atoms with Crippen molar-refractivity contribution >= 4 is 0 Å². The van der Waals surface area contributed by atoms with Crippen LogP contribution in [-0.4, -0.2) is 12.1 Å². The molecule has 2 rings (SSSR count). The van der Waals surface area contributed by atoms with Gasteiger partial charge in [0.15, 0.2) is 0 Å². The Labute approximate surface area is 96.2 Å². The lowest BCUT2D eigenvalue weighted by atomic mass is 9.80. The lowest BCUT2D eigenvalue weighted by Gasteiger charge is -2.30. The SMILES string of the molecule is COc1cnccc1C(CC1CCC1)NN. The van der Waals surface area contributed by atoms with Crippen LogP contribution in [0.25, 0.3) is 0 Å². The van der Waals surface area contributed by atoms with Gasteiger partial charge in [0.2, 0.25) is 0 Å². The third-order valence-electron chi connectivity index (χ3n) is 3.41. The van der Waals surface area contributed by atoms with Gasteiger partial charge in [-0.25, -0.2) is 0 Å². The van der Waals surface area contributed by atoms with Crippen LogP contribution < -0.4 is 16.0 Å². The highest BCUT2D eigenvalue weighted by Crippen LogP contribution is 2.36. The summed E-state index contributed by atoms with van der Waals surface area (Å²) in [6.07, 6.45) is 8.60. The molecule has 0 bridgehead atoms. The smallest absolute Gasteiger partial charge is 0.141 e. The quantitative estimate of drug-likeness (QED) is 0.588. The standard InChI is InChI=1S/C12H19N3O/c1-16-12-8-14-6-5-10(12)11(15-13)7-9-3-2-4-9/h5-6,8-9,11,15H,2-4,7,13H2,1H3. The maximum Gasteiger partial charge on any atom is 0.141 e. The van der Waals surface area contributed by atoms with Crippen LogP contribution >= 0.6 is 0 Å². The lowest BCUT2D eigenvalue weighted by molar-refractivity contribution is 0.259. The molecule has 1 atom stereocenters. The predicted octanol–water partition coefficient (Wildman–Crippen LogP) is 1.78. The van der Waals surface area contributed by atoms with Gasteiger partial charge in [0.25, 0.3) is 0 Å². The van der Waals surface area contributed by atoms with Crippen LogP contribution in [0.2, 0.25) is 0 Å². The Morgan fingerprint density at radius 3 is 3.00 bits per heavy atom. The summed E-state index contributed by atoms with van der Waals surface area (Å²) in [5.74, 6) is 7.24. The Kier molecular flexibility index (Phi) is 3.74. The number of pyridine rings is 1. The van der Waals surface area contributed by atoms with E-state index in [1.807, 2.05) is 6.07 Å². The Bertz CT molecular complexity index is 339. The fourth-order valence-electron chi connectivity index (χ4n) is 2.20. The molecule has 0 spiro atoms. The summed E-state index contributed by atoms with van der Waals surface area (Å²) in [5.41, 5.74) is 3.99. The predicted molar refractivity (Wildman–Crippen MR) is 62.8 cm³/mol.